The maximum absolute atomic E-state index is 5.36. The van der Waals surface area contributed by atoms with Gasteiger partial charge in [0.15, 0.2) is 0 Å². The quantitative estimate of drug-likeness (QED) is 0.861. The third-order valence-corrected chi connectivity index (χ3v) is 1.90. The van der Waals surface area contributed by atoms with Gasteiger partial charge in [-0.15, -0.1) is 0 Å². The van der Waals surface area contributed by atoms with Crippen LogP contribution in [0.5, 0.6) is 5.75 Å². The molecule has 2 N–H and O–H groups in total. The molecule has 0 heterocycles. The summed E-state index contributed by atoms with van der Waals surface area (Å²) in [6.07, 6.45) is 0. The molecule has 0 amide bonds. The smallest absolute Gasteiger partial charge is 0.134 e. The van der Waals surface area contributed by atoms with Crippen LogP contribution in [-0.4, -0.2) is 6.61 Å². The van der Waals surface area contributed by atoms with E-state index in [0.29, 0.717) is 12.3 Å². The van der Waals surface area contributed by atoms with Crippen LogP contribution in [0.4, 0.5) is 0 Å². The van der Waals surface area contributed by atoms with Crippen LogP contribution in [0.2, 0.25) is 0 Å². The van der Waals surface area contributed by atoms with Crippen LogP contribution in [0.25, 0.3) is 0 Å². The van der Waals surface area contributed by atoms with Crippen LogP contribution in [-0.2, 0) is 0 Å². The predicted octanol–water partition coefficient (Wildman–Crippen LogP) is 2.30. The minimum absolute atomic E-state index is 0.350. The van der Waals surface area contributed by atoms with Crippen molar-refractivity contribution in [2.45, 2.75) is 0 Å². The minimum Gasteiger partial charge on any atom is -0.486 e. The van der Waals surface area contributed by atoms with Crippen molar-refractivity contribution >= 4 is 15.9 Å². The van der Waals surface area contributed by atoms with Crippen molar-refractivity contribution in [1.82, 2.24) is 0 Å². The minimum atomic E-state index is 0.350. The molecule has 0 aliphatic rings. The van der Waals surface area contributed by atoms with E-state index in [-0.39, 0.29) is 0 Å². The van der Waals surface area contributed by atoms with Crippen molar-refractivity contribution < 1.29 is 4.74 Å². The Bertz CT molecular complexity index is 286. The Morgan fingerprint density at radius 3 is 2.75 bits per heavy atom. The van der Waals surface area contributed by atoms with Gasteiger partial charge in [0.05, 0.1) is 4.47 Å². The second kappa shape index (κ2) is 4.16. The third kappa shape index (κ3) is 2.58. The molecule has 0 aliphatic heterocycles. The lowest BCUT2D eigenvalue weighted by atomic mass is 10.3. The first kappa shape index (κ1) is 9.13. The van der Waals surface area contributed by atoms with E-state index in [2.05, 4.69) is 22.5 Å². The number of rotatable bonds is 3. The van der Waals surface area contributed by atoms with Gasteiger partial charge in [0, 0.05) is 5.70 Å². The Balaban J connectivity index is 2.63. The summed E-state index contributed by atoms with van der Waals surface area (Å²) in [5, 5.41) is 0. The maximum atomic E-state index is 5.36. The number of para-hydroxylation sites is 1. The van der Waals surface area contributed by atoms with Crippen molar-refractivity contribution in [3.05, 3.63) is 41.0 Å². The van der Waals surface area contributed by atoms with Crippen molar-refractivity contribution in [2.24, 2.45) is 5.73 Å². The summed E-state index contributed by atoms with van der Waals surface area (Å²) in [4.78, 5) is 0. The molecule has 0 fully saturated rings. The molecule has 0 saturated carbocycles. The summed E-state index contributed by atoms with van der Waals surface area (Å²) < 4.78 is 6.25. The van der Waals surface area contributed by atoms with Crippen molar-refractivity contribution in [2.75, 3.05) is 6.61 Å². The Morgan fingerprint density at radius 2 is 2.17 bits per heavy atom. The first-order valence-electron chi connectivity index (χ1n) is 3.50. The summed E-state index contributed by atoms with van der Waals surface area (Å²) in [5.74, 6) is 0.782. The number of nitrogens with two attached hydrogens (primary N) is 1. The van der Waals surface area contributed by atoms with Crippen LogP contribution < -0.4 is 10.5 Å². The highest BCUT2D eigenvalue weighted by molar-refractivity contribution is 9.10. The largest absolute Gasteiger partial charge is 0.486 e. The second-order valence-corrected chi connectivity index (χ2v) is 3.23. The van der Waals surface area contributed by atoms with Gasteiger partial charge < -0.3 is 10.5 Å². The number of hydrogen-bond donors (Lipinski definition) is 1. The molecule has 0 spiro atoms. The Hall–Kier alpha value is -0.960. The van der Waals surface area contributed by atoms with E-state index >= 15 is 0 Å². The van der Waals surface area contributed by atoms with E-state index < -0.39 is 0 Å². The van der Waals surface area contributed by atoms with Crippen molar-refractivity contribution in [3.8, 4) is 5.75 Å². The molecule has 1 rings (SSSR count). The number of benzene rings is 1. The molecule has 64 valence electrons. The average Bonchev–Trinajstić information content (AvgIpc) is 2.03. The number of halogens is 1. The normalized spacial score (nSPS) is 9.42. The van der Waals surface area contributed by atoms with Gasteiger partial charge in [0.2, 0.25) is 0 Å². The van der Waals surface area contributed by atoms with Gasteiger partial charge >= 0.3 is 0 Å². The molecule has 1 aromatic rings. The maximum Gasteiger partial charge on any atom is 0.134 e. The number of ether oxygens (including phenoxy) is 1. The standard InChI is InChI=1S/C9H10BrNO/c1-7(11)6-12-9-5-3-2-4-8(9)10/h2-5H,1,6,11H2. The predicted molar refractivity (Wildman–Crippen MR) is 53.0 cm³/mol. The molecule has 3 heteroatoms. The molecule has 0 radical (unpaired) electrons. The first-order chi connectivity index (χ1) is 5.70. The SMILES string of the molecule is C=C(N)COc1ccccc1Br. The van der Waals surface area contributed by atoms with Gasteiger partial charge in [0.1, 0.15) is 12.4 Å². The third-order valence-electron chi connectivity index (χ3n) is 1.25. The summed E-state index contributed by atoms with van der Waals surface area (Å²) in [5.41, 5.74) is 5.87. The summed E-state index contributed by atoms with van der Waals surface area (Å²) in [7, 11) is 0. The van der Waals surface area contributed by atoms with E-state index in [9.17, 15) is 0 Å². The van der Waals surface area contributed by atoms with E-state index in [1.807, 2.05) is 24.3 Å². The molecule has 12 heavy (non-hydrogen) atoms. The molecule has 1 aromatic carbocycles. The topological polar surface area (TPSA) is 35.2 Å². The van der Waals surface area contributed by atoms with E-state index in [1.165, 1.54) is 0 Å². The summed E-state index contributed by atoms with van der Waals surface area (Å²) in [6.45, 7) is 3.89. The van der Waals surface area contributed by atoms with E-state index in [4.69, 9.17) is 10.5 Å². The van der Waals surface area contributed by atoms with Gasteiger partial charge in [-0.25, -0.2) is 0 Å². The molecule has 0 aromatic heterocycles. The molecule has 0 unspecified atom stereocenters. The van der Waals surface area contributed by atoms with Gasteiger partial charge in [-0.3, -0.25) is 0 Å². The van der Waals surface area contributed by atoms with Gasteiger partial charge in [0.25, 0.3) is 0 Å². The Morgan fingerprint density at radius 1 is 1.50 bits per heavy atom. The summed E-state index contributed by atoms with van der Waals surface area (Å²) in [6, 6.07) is 7.61. The lowest BCUT2D eigenvalue weighted by Crippen LogP contribution is -2.07. The second-order valence-electron chi connectivity index (χ2n) is 2.38. The summed E-state index contributed by atoms with van der Waals surface area (Å²) >= 11 is 3.35. The van der Waals surface area contributed by atoms with Crippen LogP contribution >= 0.6 is 15.9 Å². The van der Waals surface area contributed by atoms with Crippen molar-refractivity contribution in [1.29, 1.82) is 0 Å². The zero-order valence-corrected chi connectivity index (χ0v) is 8.17. The fraction of sp³-hybridized carbons (Fsp3) is 0.111. The highest BCUT2D eigenvalue weighted by atomic mass is 79.9. The van der Waals surface area contributed by atoms with Gasteiger partial charge in [-0.2, -0.15) is 0 Å². The zero-order valence-electron chi connectivity index (χ0n) is 6.59. The molecule has 2 nitrogen and oxygen atoms in total. The fourth-order valence-electron chi connectivity index (χ4n) is 0.732. The van der Waals surface area contributed by atoms with Crippen LogP contribution in [0, 0.1) is 0 Å². The highest BCUT2D eigenvalue weighted by Crippen LogP contribution is 2.23. The molecule has 0 atom stereocenters. The molecule has 0 aliphatic carbocycles. The monoisotopic (exact) mass is 227 g/mol. The molecular formula is C9H10BrNO. The Labute approximate surface area is 80.2 Å². The zero-order chi connectivity index (χ0) is 8.97. The average molecular weight is 228 g/mol. The van der Waals surface area contributed by atoms with Crippen LogP contribution in [0.3, 0.4) is 0 Å². The lowest BCUT2D eigenvalue weighted by Gasteiger charge is -2.06. The van der Waals surface area contributed by atoms with E-state index in [1.54, 1.807) is 0 Å². The van der Waals surface area contributed by atoms with Crippen molar-refractivity contribution in [3.63, 3.8) is 0 Å². The van der Waals surface area contributed by atoms with E-state index in [0.717, 1.165) is 10.2 Å². The first-order valence-corrected chi connectivity index (χ1v) is 4.30. The van der Waals surface area contributed by atoms with Crippen LogP contribution in [0.1, 0.15) is 0 Å². The molecular weight excluding hydrogens is 218 g/mol. The van der Waals surface area contributed by atoms with Crippen LogP contribution in [0.15, 0.2) is 41.0 Å². The molecule has 0 saturated heterocycles. The fourth-order valence-corrected chi connectivity index (χ4v) is 1.13. The molecule has 0 bridgehead atoms. The number of hydrogen-bond acceptors (Lipinski definition) is 2. The highest BCUT2D eigenvalue weighted by Gasteiger charge is 1.97. The Kier molecular flexibility index (Phi) is 3.17. The van der Waals surface area contributed by atoms with Gasteiger partial charge in [-0.05, 0) is 28.1 Å². The van der Waals surface area contributed by atoms with Gasteiger partial charge in [-0.1, -0.05) is 18.7 Å². The lowest BCUT2D eigenvalue weighted by molar-refractivity contribution is 0.349.